The molecule has 0 bridgehead atoms. The molecule has 0 aromatic heterocycles. The zero-order valence-corrected chi connectivity index (χ0v) is 11.7. The van der Waals surface area contributed by atoms with Gasteiger partial charge in [-0.1, -0.05) is 19.3 Å². The summed E-state index contributed by atoms with van der Waals surface area (Å²) in [5.41, 5.74) is 8.59. The molecular weight excluding hydrogens is 276 g/mol. The Morgan fingerprint density at radius 3 is 2.47 bits per heavy atom. The lowest BCUT2D eigenvalue weighted by Gasteiger charge is -2.53. The van der Waals surface area contributed by atoms with Crippen molar-refractivity contribution >= 4 is 27.3 Å². The van der Waals surface area contributed by atoms with Crippen LogP contribution in [0.5, 0.6) is 0 Å². The Hall–Kier alpha value is -0.700. The van der Waals surface area contributed by atoms with Crippen molar-refractivity contribution in [3.05, 3.63) is 22.7 Å². The van der Waals surface area contributed by atoms with Gasteiger partial charge in [-0.15, -0.1) is 0 Å². The number of hydrogen-bond acceptors (Lipinski definition) is 2. The Kier molecular flexibility index (Phi) is 2.81. The predicted octanol–water partition coefficient (Wildman–Crippen LogP) is 3.80. The van der Waals surface area contributed by atoms with Gasteiger partial charge in [-0.2, -0.15) is 0 Å². The number of benzene rings is 1. The number of halogens is 1. The molecule has 2 N–H and O–H groups in total. The second-order valence-corrected chi connectivity index (χ2v) is 6.48. The van der Waals surface area contributed by atoms with Gasteiger partial charge in [0.2, 0.25) is 0 Å². The molecule has 92 valence electrons. The molecule has 3 rings (SSSR count). The zero-order valence-electron chi connectivity index (χ0n) is 10.1. The molecular formula is C14H19BrN2. The normalized spacial score (nSPS) is 22.5. The molecule has 2 nitrogen and oxygen atoms in total. The first-order valence-corrected chi connectivity index (χ1v) is 7.28. The highest BCUT2D eigenvalue weighted by Gasteiger charge is 2.43. The molecule has 1 aromatic carbocycles. The maximum absolute atomic E-state index is 5.82. The average Bonchev–Trinajstić information content (AvgIpc) is 2.31. The minimum Gasteiger partial charge on any atom is -0.398 e. The molecule has 1 heterocycles. The van der Waals surface area contributed by atoms with Crippen molar-refractivity contribution in [2.24, 2.45) is 5.41 Å². The molecule has 0 atom stereocenters. The third-order valence-corrected chi connectivity index (χ3v) is 5.00. The minimum absolute atomic E-state index is 0.645. The van der Waals surface area contributed by atoms with E-state index in [0.29, 0.717) is 5.41 Å². The molecule has 0 amide bonds. The van der Waals surface area contributed by atoms with Gasteiger partial charge in [0.15, 0.2) is 0 Å². The van der Waals surface area contributed by atoms with E-state index in [4.69, 9.17) is 5.73 Å². The van der Waals surface area contributed by atoms with E-state index in [9.17, 15) is 0 Å². The SMILES string of the molecule is Nc1ccc(N2CC3(CCCCC3)C2)cc1Br. The van der Waals surface area contributed by atoms with Crippen LogP contribution in [0.25, 0.3) is 0 Å². The monoisotopic (exact) mass is 294 g/mol. The summed E-state index contributed by atoms with van der Waals surface area (Å²) in [5.74, 6) is 0. The quantitative estimate of drug-likeness (QED) is 0.798. The van der Waals surface area contributed by atoms with E-state index in [0.717, 1.165) is 10.2 Å². The Morgan fingerprint density at radius 1 is 1.12 bits per heavy atom. The van der Waals surface area contributed by atoms with Crippen molar-refractivity contribution in [3.8, 4) is 0 Å². The molecule has 1 aliphatic carbocycles. The highest BCUT2D eigenvalue weighted by Crippen LogP contribution is 2.45. The summed E-state index contributed by atoms with van der Waals surface area (Å²) < 4.78 is 1.01. The fraction of sp³-hybridized carbons (Fsp3) is 0.571. The highest BCUT2D eigenvalue weighted by molar-refractivity contribution is 9.10. The molecule has 1 saturated carbocycles. The summed E-state index contributed by atoms with van der Waals surface area (Å²) in [7, 11) is 0. The van der Waals surface area contributed by atoms with E-state index in [2.05, 4.69) is 33.0 Å². The van der Waals surface area contributed by atoms with E-state index in [1.165, 1.54) is 50.9 Å². The molecule has 1 spiro atoms. The molecule has 0 radical (unpaired) electrons. The summed E-state index contributed by atoms with van der Waals surface area (Å²) in [4.78, 5) is 2.48. The minimum atomic E-state index is 0.645. The standard InChI is InChI=1S/C14H19BrN2/c15-12-8-11(4-5-13(12)16)17-9-14(10-17)6-2-1-3-7-14/h4-5,8H,1-3,6-7,9-10,16H2. The summed E-state index contributed by atoms with van der Waals surface area (Å²) in [5, 5.41) is 0. The van der Waals surface area contributed by atoms with E-state index < -0.39 is 0 Å². The Bertz CT molecular complexity index is 416. The molecule has 2 fully saturated rings. The van der Waals surface area contributed by atoms with Gasteiger partial charge in [-0.05, 0) is 47.0 Å². The van der Waals surface area contributed by atoms with Crippen LogP contribution in [0.3, 0.4) is 0 Å². The maximum Gasteiger partial charge on any atom is 0.0460 e. The van der Waals surface area contributed by atoms with Gasteiger partial charge in [-0.25, -0.2) is 0 Å². The van der Waals surface area contributed by atoms with Crippen LogP contribution in [0.2, 0.25) is 0 Å². The first-order valence-electron chi connectivity index (χ1n) is 6.49. The summed E-state index contributed by atoms with van der Waals surface area (Å²) in [6.45, 7) is 2.48. The molecule has 17 heavy (non-hydrogen) atoms. The fourth-order valence-corrected chi connectivity index (χ4v) is 3.64. The van der Waals surface area contributed by atoms with Crippen LogP contribution < -0.4 is 10.6 Å². The second-order valence-electron chi connectivity index (χ2n) is 5.62. The number of nitrogens with two attached hydrogens (primary N) is 1. The third kappa shape index (κ3) is 2.05. The molecule has 1 aromatic rings. The van der Waals surface area contributed by atoms with Crippen molar-refractivity contribution < 1.29 is 0 Å². The van der Waals surface area contributed by atoms with Gasteiger partial charge in [0, 0.05) is 34.4 Å². The van der Waals surface area contributed by atoms with Gasteiger partial charge in [-0.3, -0.25) is 0 Å². The second kappa shape index (κ2) is 4.20. The Morgan fingerprint density at radius 2 is 1.82 bits per heavy atom. The van der Waals surface area contributed by atoms with Crippen molar-refractivity contribution in [1.29, 1.82) is 0 Å². The largest absolute Gasteiger partial charge is 0.398 e. The lowest BCUT2D eigenvalue weighted by molar-refractivity contribution is 0.139. The maximum atomic E-state index is 5.82. The van der Waals surface area contributed by atoms with Crippen LogP contribution in [-0.2, 0) is 0 Å². The molecule has 2 aliphatic rings. The van der Waals surface area contributed by atoms with Gasteiger partial charge < -0.3 is 10.6 Å². The lowest BCUT2D eigenvalue weighted by Crippen LogP contribution is -2.57. The number of anilines is 2. The first kappa shape index (κ1) is 11.4. The average molecular weight is 295 g/mol. The van der Waals surface area contributed by atoms with Gasteiger partial charge in [0.05, 0.1) is 0 Å². The summed E-state index contributed by atoms with van der Waals surface area (Å²) in [6, 6.07) is 6.27. The number of rotatable bonds is 1. The van der Waals surface area contributed by atoms with Crippen LogP contribution in [0.4, 0.5) is 11.4 Å². The first-order chi connectivity index (χ1) is 8.19. The zero-order chi connectivity index (χ0) is 11.9. The van der Waals surface area contributed by atoms with Crippen LogP contribution >= 0.6 is 15.9 Å². The van der Waals surface area contributed by atoms with Crippen LogP contribution in [0.1, 0.15) is 32.1 Å². The topological polar surface area (TPSA) is 29.3 Å². The molecule has 1 aliphatic heterocycles. The lowest BCUT2D eigenvalue weighted by atomic mass is 9.68. The third-order valence-electron chi connectivity index (χ3n) is 4.32. The van der Waals surface area contributed by atoms with E-state index in [1.807, 2.05) is 6.07 Å². The summed E-state index contributed by atoms with van der Waals surface area (Å²) in [6.07, 6.45) is 7.16. The van der Waals surface area contributed by atoms with E-state index in [1.54, 1.807) is 0 Å². The van der Waals surface area contributed by atoms with Crippen molar-refractivity contribution in [2.45, 2.75) is 32.1 Å². The van der Waals surface area contributed by atoms with Crippen LogP contribution in [0.15, 0.2) is 22.7 Å². The fourth-order valence-electron chi connectivity index (χ4n) is 3.28. The Balaban J connectivity index is 1.70. The van der Waals surface area contributed by atoms with Crippen LogP contribution in [-0.4, -0.2) is 13.1 Å². The van der Waals surface area contributed by atoms with Gasteiger partial charge >= 0.3 is 0 Å². The van der Waals surface area contributed by atoms with Gasteiger partial charge in [0.1, 0.15) is 0 Å². The molecule has 1 saturated heterocycles. The summed E-state index contributed by atoms with van der Waals surface area (Å²) >= 11 is 3.50. The van der Waals surface area contributed by atoms with Crippen molar-refractivity contribution in [2.75, 3.05) is 23.7 Å². The highest BCUT2D eigenvalue weighted by atomic mass is 79.9. The number of nitrogens with zero attached hydrogens (tertiary/aromatic N) is 1. The van der Waals surface area contributed by atoms with E-state index in [-0.39, 0.29) is 0 Å². The van der Waals surface area contributed by atoms with Crippen molar-refractivity contribution in [1.82, 2.24) is 0 Å². The number of hydrogen-bond donors (Lipinski definition) is 1. The van der Waals surface area contributed by atoms with Crippen LogP contribution in [0, 0.1) is 5.41 Å². The van der Waals surface area contributed by atoms with Gasteiger partial charge in [0.25, 0.3) is 0 Å². The number of nitrogen functional groups attached to an aromatic ring is 1. The molecule has 0 unspecified atom stereocenters. The smallest absolute Gasteiger partial charge is 0.0460 e. The predicted molar refractivity (Wildman–Crippen MR) is 76.3 cm³/mol. The van der Waals surface area contributed by atoms with Crippen molar-refractivity contribution in [3.63, 3.8) is 0 Å². The Labute approximate surface area is 111 Å². The van der Waals surface area contributed by atoms with E-state index >= 15 is 0 Å². The molecule has 3 heteroatoms.